The molecular formula is C18H24N2O6. The van der Waals surface area contributed by atoms with Crippen LogP contribution in [0.4, 0.5) is 4.79 Å². The Bertz CT molecular complexity index is 657. The van der Waals surface area contributed by atoms with Gasteiger partial charge in [0.25, 0.3) is 5.91 Å². The van der Waals surface area contributed by atoms with Crippen LogP contribution in [-0.4, -0.2) is 45.3 Å². The van der Waals surface area contributed by atoms with Gasteiger partial charge in [0.2, 0.25) is 0 Å². The van der Waals surface area contributed by atoms with Gasteiger partial charge in [-0.15, -0.1) is 0 Å². The van der Waals surface area contributed by atoms with Gasteiger partial charge in [0, 0.05) is 13.1 Å². The number of methoxy groups -OCH3 is 1. The molecule has 0 aliphatic rings. The van der Waals surface area contributed by atoms with Gasteiger partial charge >= 0.3 is 12.0 Å². The first kappa shape index (κ1) is 21.0. The van der Waals surface area contributed by atoms with E-state index in [2.05, 4.69) is 12.2 Å². The lowest BCUT2D eigenvalue weighted by atomic mass is 10.2. The molecule has 2 N–H and O–H groups in total. The maximum atomic E-state index is 11.6. The van der Waals surface area contributed by atoms with E-state index in [-0.39, 0.29) is 0 Å². The number of carbonyl (C=O) groups excluding carboxylic acids is 3. The smallest absolute Gasteiger partial charge is 0.331 e. The summed E-state index contributed by atoms with van der Waals surface area (Å²) < 4.78 is 15.7. The van der Waals surface area contributed by atoms with E-state index < -0.39 is 24.5 Å². The fraction of sp³-hybridized carbons (Fsp3) is 0.389. The second-order valence-electron chi connectivity index (χ2n) is 5.18. The molecule has 26 heavy (non-hydrogen) atoms. The van der Waals surface area contributed by atoms with Crippen molar-refractivity contribution in [3.8, 4) is 11.5 Å². The molecule has 0 aromatic heterocycles. The summed E-state index contributed by atoms with van der Waals surface area (Å²) in [4.78, 5) is 33.9. The molecule has 0 heterocycles. The van der Waals surface area contributed by atoms with Gasteiger partial charge in [-0.25, -0.2) is 9.59 Å². The van der Waals surface area contributed by atoms with Gasteiger partial charge in [-0.2, -0.15) is 0 Å². The van der Waals surface area contributed by atoms with E-state index in [4.69, 9.17) is 14.2 Å². The zero-order valence-corrected chi connectivity index (χ0v) is 15.2. The van der Waals surface area contributed by atoms with Crippen molar-refractivity contribution >= 4 is 24.0 Å². The molecule has 0 fully saturated rings. The van der Waals surface area contributed by atoms with Crippen LogP contribution in [0.3, 0.4) is 0 Å². The number of carbonyl (C=O) groups is 3. The van der Waals surface area contributed by atoms with Gasteiger partial charge < -0.3 is 19.5 Å². The SMILES string of the molecule is CCCCOc1ccc(/C=C/C(=O)OCC(=O)NC(=O)NC)cc1OC. The molecule has 0 spiro atoms. The molecule has 1 rings (SSSR count). The lowest BCUT2D eigenvalue weighted by molar-refractivity contribution is -0.143. The molecule has 0 atom stereocenters. The van der Waals surface area contributed by atoms with E-state index in [0.29, 0.717) is 23.7 Å². The van der Waals surface area contributed by atoms with E-state index in [1.165, 1.54) is 26.3 Å². The van der Waals surface area contributed by atoms with Crippen LogP contribution in [0.5, 0.6) is 11.5 Å². The van der Waals surface area contributed by atoms with Crippen molar-refractivity contribution in [1.29, 1.82) is 0 Å². The van der Waals surface area contributed by atoms with E-state index in [0.717, 1.165) is 12.8 Å². The molecule has 8 heteroatoms. The van der Waals surface area contributed by atoms with Crippen molar-refractivity contribution in [3.63, 3.8) is 0 Å². The Morgan fingerprint density at radius 2 is 1.96 bits per heavy atom. The fourth-order valence-corrected chi connectivity index (χ4v) is 1.81. The van der Waals surface area contributed by atoms with Crippen molar-refractivity contribution in [2.75, 3.05) is 27.4 Å². The van der Waals surface area contributed by atoms with Gasteiger partial charge in [0.15, 0.2) is 18.1 Å². The average Bonchev–Trinajstić information content (AvgIpc) is 2.65. The number of hydrogen-bond acceptors (Lipinski definition) is 6. The van der Waals surface area contributed by atoms with Crippen LogP contribution in [0.15, 0.2) is 24.3 Å². The molecule has 0 saturated carbocycles. The van der Waals surface area contributed by atoms with Gasteiger partial charge in [-0.1, -0.05) is 19.4 Å². The van der Waals surface area contributed by atoms with Crippen molar-refractivity contribution in [1.82, 2.24) is 10.6 Å². The standard InChI is InChI=1S/C18H24N2O6/c1-4-5-10-25-14-8-6-13(11-15(14)24-3)7-9-17(22)26-12-16(21)20-18(23)19-2/h6-9,11H,4-5,10,12H2,1-3H3,(H2,19,20,21,23)/b9-7+. The molecule has 0 aliphatic heterocycles. The monoisotopic (exact) mass is 364 g/mol. The van der Waals surface area contributed by atoms with Crippen LogP contribution in [0.25, 0.3) is 6.08 Å². The number of nitrogens with one attached hydrogen (secondary N) is 2. The molecule has 3 amide bonds. The maximum absolute atomic E-state index is 11.6. The minimum absolute atomic E-state index is 0.551. The summed E-state index contributed by atoms with van der Waals surface area (Å²) in [5, 5.41) is 4.19. The number of rotatable bonds is 9. The number of ether oxygens (including phenoxy) is 3. The molecule has 0 saturated heterocycles. The Labute approximate surface area is 152 Å². The van der Waals surface area contributed by atoms with Crippen LogP contribution in [0.2, 0.25) is 0 Å². The first-order chi connectivity index (χ1) is 12.5. The third kappa shape index (κ3) is 7.69. The highest BCUT2D eigenvalue weighted by Crippen LogP contribution is 2.28. The Morgan fingerprint density at radius 3 is 2.62 bits per heavy atom. The van der Waals surface area contributed by atoms with Gasteiger partial charge in [-0.3, -0.25) is 10.1 Å². The third-order valence-corrected chi connectivity index (χ3v) is 3.18. The zero-order chi connectivity index (χ0) is 19.4. The molecule has 0 bridgehead atoms. The highest BCUT2D eigenvalue weighted by atomic mass is 16.5. The predicted molar refractivity (Wildman–Crippen MR) is 96.0 cm³/mol. The number of hydrogen-bond donors (Lipinski definition) is 2. The Kier molecular flexibility index (Phi) is 9.30. The largest absolute Gasteiger partial charge is 0.493 e. The fourth-order valence-electron chi connectivity index (χ4n) is 1.81. The van der Waals surface area contributed by atoms with E-state index in [9.17, 15) is 14.4 Å². The molecule has 142 valence electrons. The number of imide groups is 1. The van der Waals surface area contributed by atoms with Crippen LogP contribution in [0.1, 0.15) is 25.3 Å². The minimum Gasteiger partial charge on any atom is -0.493 e. The first-order valence-corrected chi connectivity index (χ1v) is 8.17. The lowest BCUT2D eigenvalue weighted by Crippen LogP contribution is -2.39. The van der Waals surface area contributed by atoms with Crippen LogP contribution in [0, 0.1) is 0 Å². The van der Waals surface area contributed by atoms with E-state index >= 15 is 0 Å². The van der Waals surface area contributed by atoms with Crippen molar-refractivity contribution < 1.29 is 28.6 Å². The number of unbranched alkanes of at least 4 members (excludes halogenated alkanes) is 1. The summed E-state index contributed by atoms with van der Waals surface area (Å²) in [6.07, 6.45) is 4.69. The van der Waals surface area contributed by atoms with Crippen molar-refractivity contribution in [3.05, 3.63) is 29.8 Å². The number of amides is 3. The van der Waals surface area contributed by atoms with Gasteiger partial charge in [0.1, 0.15) is 0 Å². The summed E-state index contributed by atoms with van der Waals surface area (Å²) in [6.45, 7) is 2.13. The summed E-state index contributed by atoms with van der Waals surface area (Å²) >= 11 is 0. The van der Waals surface area contributed by atoms with Gasteiger partial charge in [-0.05, 0) is 30.2 Å². The zero-order valence-electron chi connectivity index (χ0n) is 15.2. The Hall–Kier alpha value is -3.03. The molecule has 8 nitrogen and oxygen atoms in total. The second kappa shape index (κ2) is 11.5. The summed E-state index contributed by atoms with van der Waals surface area (Å²) in [5.74, 6) is -0.242. The molecule has 0 radical (unpaired) electrons. The van der Waals surface area contributed by atoms with Crippen LogP contribution < -0.4 is 20.1 Å². The summed E-state index contributed by atoms with van der Waals surface area (Å²) in [5.41, 5.74) is 0.705. The highest BCUT2D eigenvalue weighted by Gasteiger charge is 2.08. The molecule has 0 unspecified atom stereocenters. The van der Waals surface area contributed by atoms with Crippen molar-refractivity contribution in [2.24, 2.45) is 0 Å². The quantitative estimate of drug-likeness (QED) is 0.394. The van der Waals surface area contributed by atoms with E-state index in [1.807, 2.05) is 5.32 Å². The third-order valence-electron chi connectivity index (χ3n) is 3.18. The van der Waals surface area contributed by atoms with Crippen LogP contribution in [-0.2, 0) is 14.3 Å². The van der Waals surface area contributed by atoms with Gasteiger partial charge in [0.05, 0.1) is 13.7 Å². The second-order valence-corrected chi connectivity index (χ2v) is 5.18. The first-order valence-electron chi connectivity index (χ1n) is 8.17. The number of benzene rings is 1. The number of esters is 1. The number of urea groups is 1. The molecule has 0 aliphatic carbocycles. The normalized spacial score (nSPS) is 10.3. The lowest BCUT2D eigenvalue weighted by Gasteiger charge is -2.10. The van der Waals surface area contributed by atoms with E-state index in [1.54, 1.807) is 18.2 Å². The Balaban J connectivity index is 2.57. The minimum atomic E-state index is -0.721. The molecule has 1 aromatic rings. The highest BCUT2D eigenvalue weighted by molar-refractivity contribution is 5.96. The summed E-state index contributed by atoms with van der Waals surface area (Å²) in [6, 6.07) is 4.58. The average molecular weight is 364 g/mol. The Morgan fingerprint density at radius 1 is 1.19 bits per heavy atom. The predicted octanol–water partition coefficient (Wildman–Crippen LogP) is 1.89. The van der Waals surface area contributed by atoms with Crippen LogP contribution >= 0.6 is 0 Å². The summed E-state index contributed by atoms with van der Waals surface area (Å²) in [7, 11) is 2.90. The van der Waals surface area contributed by atoms with Crippen molar-refractivity contribution in [2.45, 2.75) is 19.8 Å². The molecule has 1 aromatic carbocycles. The molecular weight excluding hydrogens is 340 g/mol. The topological polar surface area (TPSA) is 103 Å². The maximum Gasteiger partial charge on any atom is 0.331 e.